The Morgan fingerprint density at radius 1 is 1.47 bits per heavy atom. The summed E-state index contributed by atoms with van der Waals surface area (Å²) in [5.74, 6) is -0.777. The van der Waals surface area contributed by atoms with Gasteiger partial charge in [-0.15, -0.1) is 0 Å². The summed E-state index contributed by atoms with van der Waals surface area (Å²) in [5.41, 5.74) is 0.0829. The van der Waals surface area contributed by atoms with Crippen molar-refractivity contribution < 1.29 is 14.3 Å². The highest BCUT2D eigenvalue weighted by Crippen LogP contribution is 2.24. The SMILES string of the molecule is COC(=O)c1nc(NC(C)CN(C)C)sc1C(C)=O. The molecule has 1 rings (SSSR count). The van der Waals surface area contributed by atoms with Crippen LogP contribution in [-0.2, 0) is 4.74 Å². The lowest BCUT2D eigenvalue weighted by atomic mass is 10.3. The Hall–Kier alpha value is -1.47. The number of ether oxygens (including phenoxy) is 1. The van der Waals surface area contributed by atoms with Gasteiger partial charge >= 0.3 is 5.97 Å². The average Bonchev–Trinajstić information content (AvgIpc) is 2.70. The number of methoxy groups -OCH3 is 1. The molecule has 0 saturated heterocycles. The van der Waals surface area contributed by atoms with Gasteiger partial charge in [-0.3, -0.25) is 4.79 Å². The molecule has 0 saturated carbocycles. The van der Waals surface area contributed by atoms with Gasteiger partial charge in [-0.1, -0.05) is 11.3 Å². The molecule has 6 nitrogen and oxygen atoms in total. The number of aromatic nitrogens is 1. The van der Waals surface area contributed by atoms with Crippen molar-refractivity contribution in [2.75, 3.05) is 33.1 Å². The molecule has 1 N–H and O–H groups in total. The molecule has 7 heteroatoms. The van der Waals surface area contributed by atoms with Crippen LogP contribution >= 0.6 is 11.3 Å². The number of rotatable bonds is 6. The van der Waals surface area contributed by atoms with E-state index in [-0.39, 0.29) is 17.5 Å². The minimum absolute atomic E-state index is 0.0829. The molecule has 1 aromatic heterocycles. The zero-order valence-corrected chi connectivity index (χ0v) is 12.6. The fourth-order valence-corrected chi connectivity index (χ4v) is 2.62. The number of hydrogen-bond donors (Lipinski definition) is 1. The van der Waals surface area contributed by atoms with Gasteiger partial charge in [0, 0.05) is 19.5 Å². The highest BCUT2D eigenvalue weighted by molar-refractivity contribution is 7.17. The van der Waals surface area contributed by atoms with Gasteiger partial charge in [0.25, 0.3) is 0 Å². The molecule has 1 aromatic rings. The van der Waals surface area contributed by atoms with Gasteiger partial charge in [0.05, 0.1) is 7.11 Å². The number of carbonyl (C=O) groups excluding carboxylic acids is 2. The van der Waals surface area contributed by atoms with Crippen molar-refractivity contribution in [1.82, 2.24) is 9.88 Å². The summed E-state index contributed by atoms with van der Waals surface area (Å²) in [6.45, 7) is 4.24. The van der Waals surface area contributed by atoms with Crippen LogP contribution < -0.4 is 5.32 Å². The predicted molar refractivity (Wildman–Crippen MR) is 75.1 cm³/mol. The summed E-state index contributed by atoms with van der Waals surface area (Å²) in [6.07, 6.45) is 0. The summed E-state index contributed by atoms with van der Waals surface area (Å²) in [7, 11) is 5.22. The van der Waals surface area contributed by atoms with E-state index in [4.69, 9.17) is 0 Å². The lowest BCUT2D eigenvalue weighted by Crippen LogP contribution is -2.29. The summed E-state index contributed by atoms with van der Waals surface area (Å²) < 4.78 is 4.63. The number of nitrogens with one attached hydrogen (secondary N) is 1. The Labute approximate surface area is 116 Å². The first-order valence-corrected chi connectivity index (χ1v) is 6.68. The largest absolute Gasteiger partial charge is 0.464 e. The van der Waals surface area contributed by atoms with E-state index in [0.29, 0.717) is 10.0 Å². The van der Waals surface area contributed by atoms with Gasteiger partial charge < -0.3 is 15.0 Å². The second-order valence-corrected chi connectivity index (χ2v) is 5.55. The van der Waals surface area contributed by atoms with Crippen LogP contribution in [0.4, 0.5) is 5.13 Å². The number of hydrogen-bond acceptors (Lipinski definition) is 7. The van der Waals surface area contributed by atoms with Crippen LogP contribution in [0.2, 0.25) is 0 Å². The molecule has 0 aliphatic heterocycles. The van der Waals surface area contributed by atoms with Crippen LogP contribution in [0.15, 0.2) is 0 Å². The second-order valence-electron chi connectivity index (χ2n) is 4.55. The minimum atomic E-state index is -0.588. The topological polar surface area (TPSA) is 71.5 Å². The lowest BCUT2D eigenvalue weighted by molar-refractivity contribution is 0.0591. The molecule has 19 heavy (non-hydrogen) atoms. The number of carbonyl (C=O) groups is 2. The molecule has 1 atom stereocenters. The maximum atomic E-state index is 11.5. The molecule has 106 valence electrons. The molecular formula is C12H19N3O3S. The Balaban J connectivity index is 2.92. The molecular weight excluding hydrogens is 266 g/mol. The molecule has 1 unspecified atom stereocenters. The first kappa shape index (κ1) is 15.6. The van der Waals surface area contributed by atoms with Gasteiger partial charge in [0.15, 0.2) is 16.6 Å². The van der Waals surface area contributed by atoms with E-state index in [1.807, 2.05) is 25.9 Å². The van der Waals surface area contributed by atoms with Crippen molar-refractivity contribution in [2.45, 2.75) is 19.9 Å². The van der Waals surface area contributed by atoms with Crippen LogP contribution in [0.5, 0.6) is 0 Å². The van der Waals surface area contributed by atoms with Gasteiger partial charge in [0.1, 0.15) is 4.88 Å². The van der Waals surface area contributed by atoms with Crippen molar-refractivity contribution >= 4 is 28.2 Å². The van der Waals surface area contributed by atoms with E-state index in [1.54, 1.807) is 0 Å². The number of nitrogens with zero attached hydrogens (tertiary/aromatic N) is 2. The lowest BCUT2D eigenvalue weighted by Gasteiger charge is -2.17. The third-order valence-electron chi connectivity index (χ3n) is 2.33. The number of esters is 1. The Bertz CT molecular complexity index is 471. The smallest absolute Gasteiger partial charge is 0.358 e. The van der Waals surface area contributed by atoms with Crippen molar-refractivity contribution in [3.63, 3.8) is 0 Å². The fourth-order valence-electron chi connectivity index (χ4n) is 1.66. The number of thiazole rings is 1. The van der Waals surface area contributed by atoms with E-state index in [1.165, 1.54) is 25.4 Å². The Kier molecular flexibility index (Phi) is 5.44. The van der Waals surface area contributed by atoms with E-state index in [0.717, 1.165) is 6.54 Å². The first-order valence-electron chi connectivity index (χ1n) is 5.86. The predicted octanol–water partition coefficient (Wildman–Crippen LogP) is 1.49. The first-order chi connectivity index (χ1) is 8.85. The molecule has 0 aliphatic rings. The van der Waals surface area contributed by atoms with Crippen molar-refractivity contribution in [3.05, 3.63) is 10.6 Å². The fraction of sp³-hybridized carbons (Fsp3) is 0.583. The van der Waals surface area contributed by atoms with E-state index in [9.17, 15) is 9.59 Å². The maximum absolute atomic E-state index is 11.5. The summed E-state index contributed by atoms with van der Waals surface area (Å²) in [5, 5.41) is 3.73. The van der Waals surface area contributed by atoms with Gasteiger partial charge in [-0.05, 0) is 21.0 Å². The van der Waals surface area contributed by atoms with E-state index in [2.05, 4.69) is 15.0 Å². The van der Waals surface area contributed by atoms with Crippen molar-refractivity contribution in [1.29, 1.82) is 0 Å². The van der Waals surface area contributed by atoms with Crippen LogP contribution in [0.25, 0.3) is 0 Å². The Morgan fingerprint density at radius 2 is 2.11 bits per heavy atom. The van der Waals surface area contributed by atoms with Crippen LogP contribution in [0, 0.1) is 0 Å². The number of anilines is 1. The molecule has 1 heterocycles. The highest BCUT2D eigenvalue weighted by atomic mass is 32.1. The number of Topliss-reactive ketones (excluding diaryl/α,β-unsaturated/α-hetero) is 1. The summed E-state index contributed by atoms with van der Waals surface area (Å²) in [6, 6.07) is 0.159. The summed E-state index contributed by atoms with van der Waals surface area (Å²) >= 11 is 1.18. The van der Waals surface area contributed by atoms with Crippen LogP contribution in [0.3, 0.4) is 0 Å². The maximum Gasteiger partial charge on any atom is 0.358 e. The van der Waals surface area contributed by atoms with E-state index >= 15 is 0 Å². The normalized spacial score (nSPS) is 12.3. The quantitative estimate of drug-likeness (QED) is 0.631. The minimum Gasteiger partial charge on any atom is -0.464 e. The molecule has 0 radical (unpaired) electrons. The molecule has 0 fully saturated rings. The zero-order chi connectivity index (χ0) is 14.6. The second kappa shape index (κ2) is 6.63. The number of likely N-dealkylation sites (N-methyl/N-ethyl adjacent to an activating group) is 1. The third-order valence-corrected chi connectivity index (χ3v) is 3.42. The molecule has 0 amide bonds. The molecule has 0 aliphatic carbocycles. The molecule has 0 spiro atoms. The standard InChI is InChI=1S/C12H19N3O3S/c1-7(6-15(3)4)13-12-14-9(11(17)18-5)10(19-12)8(2)16/h7H,6H2,1-5H3,(H,13,14). The van der Waals surface area contributed by atoms with Crippen LogP contribution in [0.1, 0.15) is 34.0 Å². The monoisotopic (exact) mass is 285 g/mol. The average molecular weight is 285 g/mol. The third kappa shape index (κ3) is 4.29. The van der Waals surface area contributed by atoms with Gasteiger partial charge in [-0.25, -0.2) is 9.78 Å². The van der Waals surface area contributed by atoms with Crippen molar-refractivity contribution in [2.24, 2.45) is 0 Å². The van der Waals surface area contributed by atoms with Gasteiger partial charge in [-0.2, -0.15) is 0 Å². The van der Waals surface area contributed by atoms with E-state index < -0.39 is 5.97 Å². The molecule has 0 aromatic carbocycles. The van der Waals surface area contributed by atoms with Crippen molar-refractivity contribution in [3.8, 4) is 0 Å². The highest BCUT2D eigenvalue weighted by Gasteiger charge is 2.22. The number of ketones is 1. The summed E-state index contributed by atoms with van der Waals surface area (Å²) in [4.78, 5) is 29.5. The molecule has 0 bridgehead atoms. The zero-order valence-electron chi connectivity index (χ0n) is 11.8. The Morgan fingerprint density at radius 3 is 2.58 bits per heavy atom. The van der Waals surface area contributed by atoms with Crippen LogP contribution in [-0.4, -0.2) is 55.4 Å². The van der Waals surface area contributed by atoms with Gasteiger partial charge in [0.2, 0.25) is 0 Å².